The van der Waals surface area contributed by atoms with Crippen LogP contribution in [0.1, 0.15) is 40.9 Å². The molecule has 1 aliphatic rings. The Balaban J connectivity index is 1.78. The zero-order chi connectivity index (χ0) is 26.4. The summed E-state index contributed by atoms with van der Waals surface area (Å²) in [4.78, 5) is 23.2. The smallest absolute Gasteiger partial charge is 0.335 e. The molecule has 1 fully saturated rings. The number of nitrogens with two attached hydrogens (primary N) is 1. The van der Waals surface area contributed by atoms with Crippen LogP contribution >= 0.6 is 0 Å². The van der Waals surface area contributed by atoms with Gasteiger partial charge in [0.2, 0.25) is 0 Å². The molecule has 2 aromatic rings. The van der Waals surface area contributed by atoms with Gasteiger partial charge in [0.05, 0.1) is 11.7 Å². The summed E-state index contributed by atoms with van der Waals surface area (Å²) in [5, 5.41) is 53.0. The number of aryl methyl sites for hydroxylation is 1. The first kappa shape index (κ1) is 27.5. The molecule has 0 aliphatic carbocycles. The molecular formula is C25H32N2O9. The van der Waals surface area contributed by atoms with Crippen molar-refractivity contribution in [1.82, 2.24) is 5.32 Å². The van der Waals surface area contributed by atoms with Crippen molar-refractivity contribution >= 4 is 11.9 Å². The highest BCUT2D eigenvalue weighted by Gasteiger charge is 2.48. The molecule has 0 radical (unpaired) electrons. The molecule has 0 spiro atoms. The minimum absolute atomic E-state index is 0.0143. The Morgan fingerprint density at radius 1 is 1.08 bits per heavy atom. The van der Waals surface area contributed by atoms with Crippen LogP contribution in [-0.4, -0.2) is 80.7 Å². The SMILES string of the molecule is C[C@H](CCc1ccccc1)NCC(O[C@@H]1OC(C(=O)O)[C@@H](O)[C@H](O)[C@H]1O)c1ccc(O)c(C(N)=O)c1. The van der Waals surface area contributed by atoms with Crippen molar-refractivity contribution in [3.8, 4) is 5.75 Å². The predicted molar refractivity (Wildman–Crippen MR) is 127 cm³/mol. The van der Waals surface area contributed by atoms with E-state index in [1.165, 1.54) is 23.8 Å². The lowest BCUT2D eigenvalue weighted by atomic mass is 9.98. The second-order valence-corrected chi connectivity index (χ2v) is 8.83. The van der Waals surface area contributed by atoms with Gasteiger partial charge < -0.3 is 46.1 Å². The van der Waals surface area contributed by atoms with Gasteiger partial charge in [-0.3, -0.25) is 4.79 Å². The van der Waals surface area contributed by atoms with Gasteiger partial charge in [-0.1, -0.05) is 36.4 Å². The number of carbonyl (C=O) groups excluding carboxylic acids is 1. The predicted octanol–water partition coefficient (Wildman–Crippen LogP) is 0.0519. The van der Waals surface area contributed by atoms with Gasteiger partial charge >= 0.3 is 5.97 Å². The molecule has 11 nitrogen and oxygen atoms in total. The van der Waals surface area contributed by atoms with Crippen molar-refractivity contribution in [3.63, 3.8) is 0 Å². The standard InChI is InChI=1S/C25H32N2O9/c1-13(7-8-14-5-3-2-4-6-14)27-12-18(15-9-10-17(28)16(11-15)23(26)32)35-25-21(31)19(29)20(30)22(36-25)24(33)34/h2-6,9-11,13,18-22,25,27-31H,7-8,12H2,1H3,(H2,26,32)(H,33,34)/t13-,18?,19+,20+,21-,22?,25-/m1/s1. The lowest BCUT2D eigenvalue weighted by molar-refractivity contribution is -0.305. The molecule has 11 heteroatoms. The van der Waals surface area contributed by atoms with E-state index in [0.717, 1.165) is 12.8 Å². The summed E-state index contributed by atoms with van der Waals surface area (Å²) < 4.78 is 11.1. The Morgan fingerprint density at radius 2 is 1.78 bits per heavy atom. The lowest BCUT2D eigenvalue weighted by Gasteiger charge is -2.40. The van der Waals surface area contributed by atoms with Crippen molar-refractivity contribution in [2.75, 3.05) is 6.54 Å². The third-order valence-corrected chi connectivity index (χ3v) is 6.13. The molecule has 0 bridgehead atoms. The number of primary amides is 1. The van der Waals surface area contributed by atoms with E-state index in [2.05, 4.69) is 5.32 Å². The molecule has 2 unspecified atom stereocenters. The molecule has 1 heterocycles. The Hall–Kier alpha value is -3.06. The highest BCUT2D eigenvalue weighted by atomic mass is 16.7. The van der Waals surface area contributed by atoms with Crippen LogP contribution in [0.3, 0.4) is 0 Å². The van der Waals surface area contributed by atoms with Crippen LogP contribution < -0.4 is 11.1 Å². The first-order chi connectivity index (χ1) is 17.1. The fourth-order valence-electron chi connectivity index (χ4n) is 3.96. The lowest BCUT2D eigenvalue weighted by Crippen LogP contribution is -2.60. The molecule has 2 aromatic carbocycles. The number of benzene rings is 2. The van der Waals surface area contributed by atoms with Gasteiger partial charge in [-0.05, 0) is 43.0 Å². The van der Waals surface area contributed by atoms with Crippen molar-refractivity contribution in [1.29, 1.82) is 0 Å². The summed E-state index contributed by atoms with van der Waals surface area (Å²) >= 11 is 0. The van der Waals surface area contributed by atoms with Crippen molar-refractivity contribution in [2.24, 2.45) is 5.73 Å². The largest absolute Gasteiger partial charge is 0.507 e. The van der Waals surface area contributed by atoms with Crippen LogP contribution in [0.15, 0.2) is 48.5 Å². The van der Waals surface area contributed by atoms with Crippen LogP contribution in [0.25, 0.3) is 0 Å². The topological polar surface area (TPSA) is 192 Å². The zero-order valence-electron chi connectivity index (χ0n) is 19.7. The fourth-order valence-corrected chi connectivity index (χ4v) is 3.96. The molecule has 1 saturated heterocycles. The number of carbonyl (C=O) groups is 2. The molecule has 7 atom stereocenters. The van der Waals surface area contributed by atoms with E-state index in [9.17, 15) is 35.1 Å². The number of amides is 1. The molecular weight excluding hydrogens is 472 g/mol. The van der Waals surface area contributed by atoms with E-state index in [1.807, 2.05) is 37.3 Å². The summed E-state index contributed by atoms with van der Waals surface area (Å²) in [6.45, 7) is 2.11. The minimum atomic E-state index is -1.86. The van der Waals surface area contributed by atoms with Gasteiger partial charge in [0.15, 0.2) is 12.4 Å². The monoisotopic (exact) mass is 504 g/mol. The third-order valence-electron chi connectivity index (χ3n) is 6.13. The maximum absolute atomic E-state index is 11.7. The Labute approximate surface area is 208 Å². The number of aromatic hydroxyl groups is 1. The van der Waals surface area contributed by atoms with Gasteiger partial charge in [0, 0.05) is 12.6 Å². The number of carboxylic acids is 1. The first-order valence-corrected chi connectivity index (χ1v) is 11.6. The van der Waals surface area contributed by atoms with Crippen molar-refractivity contribution in [3.05, 3.63) is 65.2 Å². The van der Waals surface area contributed by atoms with Crippen LogP contribution in [-0.2, 0) is 20.7 Å². The average molecular weight is 505 g/mol. The zero-order valence-corrected chi connectivity index (χ0v) is 19.7. The summed E-state index contributed by atoms with van der Waals surface area (Å²) in [6.07, 6.45) is -8.19. The maximum atomic E-state index is 11.7. The van der Waals surface area contributed by atoms with Gasteiger partial charge in [-0.2, -0.15) is 0 Å². The normalized spacial score (nSPS) is 25.7. The number of hydrogen-bond donors (Lipinski definition) is 7. The number of aliphatic carboxylic acids is 1. The van der Waals surface area contributed by atoms with E-state index in [-0.39, 0.29) is 23.9 Å². The summed E-state index contributed by atoms with van der Waals surface area (Å²) in [5.74, 6) is -2.73. The van der Waals surface area contributed by atoms with Crippen molar-refractivity contribution < 1.29 is 44.6 Å². The molecule has 0 saturated carbocycles. The minimum Gasteiger partial charge on any atom is -0.507 e. The maximum Gasteiger partial charge on any atom is 0.335 e. The van der Waals surface area contributed by atoms with Crippen LogP contribution in [0.2, 0.25) is 0 Å². The summed E-state index contributed by atoms with van der Waals surface area (Å²) in [7, 11) is 0. The highest BCUT2D eigenvalue weighted by Crippen LogP contribution is 2.30. The molecule has 3 rings (SSSR count). The second-order valence-electron chi connectivity index (χ2n) is 8.83. The Kier molecular flexibility index (Phi) is 9.37. The molecule has 8 N–H and O–H groups in total. The molecule has 36 heavy (non-hydrogen) atoms. The van der Waals surface area contributed by atoms with Gasteiger partial charge in [0.1, 0.15) is 24.1 Å². The van der Waals surface area contributed by atoms with Crippen molar-refractivity contribution in [2.45, 2.75) is 62.6 Å². The Morgan fingerprint density at radius 3 is 2.42 bits per heavy atom. The number of hydrogen-bond acceptors (Lipinski definition) is 9. The molecule has 0 aromatic heterocycles. The number of nitrogens with one attached hydrogen (secondary N) is 1. The van der Waals surface area contributed by atoms with Crippen LogP contribution in [0.4, 0.5) is 0 Å². The Bertz CT molecular complexity index is 1040. The van der Waals surface area contributed by atoms with E-state index >= 15 is 0 Å². The molecule has 1 amide bonds. The number of ether oxygens (including phenoxy) is 2. The molecule has 196 valence electrons. The number of carboxylic acid groups (broad SMARTS) is 1. The summed E-state index contributed by atoms with van der Waals surface area (Å²) in [5.41, 5.74) is 6.75. The third kappa shape index (κ3) is 6.78. The average Bonchev–Trinajstić information content (AvgIpc) is 2.85. The van der Waals surface area contributed by atoms with Gasteiger partial charge in [-0.25, -0.2) is 4.79 Å². The van der Waals surface area contributed by atoms with E-state index in [1.54, 1.807) is 0 Å². The number of aliphatic hydroxyl groups is 3. The number of phenols is 1. The van der Waals surface area contributed by atoms with Crippen LogP contribution in [0.5, 0.6) is 5.75 Å². The number of aliphatic hydroxyl groups excluding tert-OH is 3. The van der Waals surface area contributed by atoms with E-state index < -0.39 is 48.7 Å². The quantitative estimate of drug-likeness (QED) is 0.220. The van der Waals surface area contributed by atoms with Crippen LogP contribution in [0, 0.1) is 0 Å². The second kappa shape index (κ2) is 12.3. The highest BCUT2D eigenvalue weighted by molar-refractivity contribution is 5.95. The summed E-state index contributed by atoms with van der Waals surface area (Å²) in [6, 6.07) is 14.0. The van der Waals surface area contributed by atoms with Gasteiger partial charge in [-0.15, -0.1) is 0 Å². The first-order valence-electron chi connectivity index (χ1n) is 11.6. The van der Waals surface area contributed by atoms with E-state index in [0.29, 0.717) is 5.56 Å². The van der Waals surface area contributed by atoms with Gasteiger partial charge in [0.25, 0.3) is 5.91 Å². The van der Waals surface area contributed by atoms with E-state index in [4.69, 9.17) is 15.2 Å². The number of rotatable bonds is 11. The fraction of sp³-hybridized carbons (Fsp3) is 0.440. The molecule has 1 aliphatic heterocycles.